The highest BCUT2D eigenvalue weighted by Gasteiger charge is 2.22. The Morgan fingerprint density at radius 3 is 3.10 bits per heavy atom. The van der Waals surface area contributed by atoms with Crippen LogP contribution in [0.15, 0.2) is 22.2 Å². The molecule has 0 spiro atoms. The molecule has 0 unspecified atom stereocenters. The molecule has 0 fully saturated rings. The fraction of sp³-hybridized carbons (Fsp3) is 0.214. The summed E-state index contributed by atoms with van der Waals surface area (Å²) >= 11 is 6.95. The summed E-state index contributed by atoms with van der Waals surface area (Å²) in [5, 5.41) is 7.85. The van der Waals surface area contributed by atoms with Gasteiger partial charge in [-0.05, 0) is 46.8 Å². The Bertz CT molecular complexity index is 997. The van der Waals surface area contributed by atoms with Gasteiger partial charge in [0.2, 0.25) is 0 Å². The fourth-order valence-corrected chi connectivity index (χ4v) is 5.51. The molecule has 5 rings (SSSR count). The molecule has 0 aromatic carbocycles. The standard InChI is InChI=1S/C14H9BrN4S2/c15-7-4-10(20-5-7)12-17-13-11-8-2-1-3-9(8)21-14(11)16-6-19(13)18-12/h4-6H,1-3H2. The van der Waals surface area contributed by atoms with E-state index in [1.54, 1.807) is 17.7 Å². The Kier molecular flexibility index (Phi) is 2.54. The molecule has 104 valence electrons. The highest BCUT2D eigenvalue weighted by molar-refractivity contribution is 9.10. The van der Waals surface area contributed by atoms with Crippen LogP contribution in [0.1, 0.15) is 16.9 Å². The van der Waals surface area contributed by atoms with Crippen LogP contribution in [-0.4, -0.2) is 19.6 Å². The number of thiophene rings is 2. The maximum absolute atomic E-state index is 4.78. The van der Waals surface area contributed by atoms with Crippen molar-refractivity contribution < 1.29 is 0 Å². The second-order valence-electron chi connectivity index (χ2n) is 5.11. The van der Waals surface area contributed by atoms with Crippen molar-refractivity contribution in [3.63, 3.8) is 0 Å². The Labute approximate surface area is 136 Å². The molecule has 0 saturated heterocycles. The van der Waals surface area contributed by atoms with Gasteiger partial charge in [0.05, 0.1) is 10.3 Å². The zero-order valence-corrected chi connectivity index (χ0v) is 14.1. The number of rotatable bonds is 1. The minimum absolute atomic E-state index is 0.776. The number of halogens is 1. The van der Waals surface area contributed by atoms with Gasteiger partial charge in [0.25, 0.3) is 0 Å². The molecule has 0 amide bonds. The first-order valence-corrected chi connectivity index (χ1v) is 9.18. The first-order chi connectivity index (χ1) is 10.3. The first-order valence-electron chi connectivity index (χ1n) is 6.69. The molecule has 21 heavy (non-hydrogen) atoms. The van der Waals surface area contributed by atoms with Crippen LogP contribution in [0.25, 0.3) is 26.6 Å². The number of hydrogen-bond acceptors (Lipinski definition) is 5. The van der Waals surface area contributed by atoms with E-state index in [1.165, 1.54) is 28.7 Å². The van der Waals surface area contributed by atoms with Gasteiger partial charge in [0.1, 0.15) is 11.2 Å². The minimum atomic E-state index is 0.776. The van der Waals surface area contributed by atoms with Crippen LogP contribution in [0.3, 0.4) is 0 Å². The second-order valence-corrected chi connectivity index (χ2v) is 8.03. The number of hydrogen-bond donors (Lipinski definition) is 0. The third-order valence-electron chi connectivity index (χ3n) is 3.83. The van der Waals surface area contributed by atoms with E-state index in [4.69, 9.17) is 4.98 Å². The van der Waals surface area contributed by atoms with Gasteiger partial charge >= 0.3 is 0 Å². The van der Waals surface area contributed by atoms with E-state index in [2.05, 4.69) is 37.5 Å². The zero-order valence-electron chi connectivity index (χ0n) is 10.8. The normalized spacial score (nSPS) is 14.3. The number of aryl methyl sites for hydroxylation is 2. The molecule has 4 heterocycles. The average Bonchev–Trinajstić information content (AvgIpc) is 3.18. The highest BCUT2D eigenvalue weighted by Crippen LogP contribution is 2.38. The molecular weight excluding hydrogens is 368 g/mol. The Hall–Kier alpha value is -1.31. The minimum Gasteiger partial charge on any atom is -0.225 e. The molecule has 0 bridgehead atoms. The van der Waals surface area contributed by atoms with Crippen molar-refractivity contribution in [1.82, 2.24) is 19.6 Å². The lowest BCUT2D eigenvalue weighted by Crippen LogP contribution is -1.90. The molecule has 4 nitrogen and oxygen atoms in total. The molecular formula is C14H9BrN4S2. The Morgan fingerprint density at radius 1 is 1.29 bits per heavy atom. The van der Waals surface area contributed by atoms with Gasteiger partial charge in [-0.15, -0.1) is 27.8 Å². The van der Waals surface area contributed by atoms with Crippen molar-refractivity contribution in [2.45, 2.75) is 19.3 Å². The quantitative estimate of drug-likeness (QED) is 0.496. The van der Waals surface area contributed by atoms with E-state index < -0.39 is 0 Å². The lowest BCUT2D eigenvalue weighted by molar-refractivity contribution is 0.914. The van der Waals surface area contributed by atoms with E-state index in [0.717, 1.165) is 32.1 Å². The topological polar surface area (TPSA) is 43.1 Å². The highest BCUT2D eigenvalue weighted by atomic mass is 79.9. The monoisotopic (exact) mass is 376 g/mol. The smallest absolute Gasteiger partial charge is 0.192 e. The summed E-state index contributed by atoms with van der Waals surface area (Å²) in [4.78, 5) is 13.0. The molecule has 0 N–H and O–H groups in total. The molecule has 1 aliphatic rings. The summed E-state index contributed by atoms with van der Waals surface area (Å²) in [6, 6.07) is 2.06. The van der Waals surface area contributed by atoms with Crippen molar-refractivity contribution in [1.29, 1.82) is 0 Å². The second kappa shape index (κ2) is 4.34. The number of nitrogens with zero attached hydrogens (tertiary/aromatic N) is 4. The molecule has 4 aromatic rings. The van der Waals surface area contributed by atoms with E-state index in [0.29, 0.717) is 0 Å². The van der Waals surface area contributed by atoms with Crippen LogP contribution >= 0.6 is 38.6 Å². The van der Waals surface area contributed by atoms with Crippen LogP contribution in [0, 0.1) is 0 Å². The fourth-order valence-electron chi connectivity index (χ4n) is 2.93. The maximum atomic E-state index is 4.78. The van der Waals surface area contributed by atoms with Crippen molar-refractivity contribution in [3.05, 3.63) is 32.7 Å². The van der Waals surface area contributed by atoms with Gasteiger partial charge in [-0.2, -0.15) is 0 Å². The molecule has 0 atom stereocenters. The predicted molar refractivity (Wildman–Crippen MR) is 89.2 cm³/mol. The molecule has 0 radical (unpaired) electrons. The summed E-state index contributed by atoms with van der Waals surface area (Å²) in [5.74, 6) is 0.776. The van der Waals surface area contributed by atoms with Crippen LogP contribution in [-0.2, 0) is 12.8 Å². The third kappa shape index (κ3) is 1.74. The predicted octanol–water partition coefficient (Wildman–Crippen LogP) is 4.32. The van der Waals surface area contributed by atoms with Crippen LogP contribution in [0.5, 0.6) is 0 Å². The van der Waals surface area contributed by atoms with Crippen LogP contribution in [0.2, 0.25) is 0 Å². The molecule has 4 aromatic heterocycles. The van der Waals surface area contributed by atoms with E-state index in [-0.39, 0.29) is 0 Å². The maximum Gasteiger partial charge on any atom is 0.192 e. The van der Waals surface area contributed by atoms with Crippen LogP contribution < -0.4 is 0 Å². The van der Waals surface area contributed by atoms with Crippen molar-refractivity contribution in [2.24, 2.45) is 0 Å². The van der Waals surface area contributed by atoms with Crippen LogP contribution in [0.4, 0.5) is 0 Å². The van der Waals surface area contributed by atoms with Crippen molar-refractivity contribution in [2.75, 3.05) is 0 Å². The van der Waals surface area contributed by atoms with Gasteiger partial charge in [-0.25, -0.2) is 14.5 Å². The SMILES string of the molecule is Brc1csc(-c2nc3c4c5c(sc4ncn3n2)CCC5)c1. The summed E-state index contributed by atoms with van der Waals surface area (Å²) in [5.41, 5.74) is 2.39. The lowest BCUT2D eigenvalue weighted by Gasteiger charge is -1.95. The van der Waals surface area contributed by atoms with Gasteiger partial charge in [-0.3, -0.25) is 0 Å². The van der Waals surface area contributed by atoms with Gasteiger partial charge in [-0.1, -0.05) is 0 Å². The molecule has 0 saturated carbocycles. The summed E-state index contributed by atoms with van der Waals surface area (Å²) < 4.78 is 2.89. The van der Waals surface area contributed by atoms with Gasteiger partial charge in [0, 0.05) is 14.7 Å². The van der Waals surface area contributed by atoms with Crippen molar-refractivity contribution in [3.8, 4) is 10.7 Å². The summed E-state index contributed by atoms with van der Waals surface area (Å²) in [6.45, 7) is 0. The summed E-state index contributed by atoms with van der Waals surface area (Å²) in [7, 11) is 0. The third-order valence-corrected chi connectivity index (χ3v) is 6.72. The lowest BCUT2D eigenvalue weighted by atomic mass is 10.2. The Morgan fingerprint density at radius 2 is 2.24 bits per heavy atom. The number of fused-ring (bicyclic) bond motifs is 5. The largest absolute Gasteiger partial charge is 0.225 e. The molecule has 0 aliphatic heterocycles. The first kappa shape index (κ1) is 12.3. The Balaban J connectivity index is 1.83. The van der Waals surface area contributed by atoms with E-state index >= 15 is 0 Å². The molecule has 1 aliphatic carbocycles. The van der Waals surface area contributed by atoms with Crippen molar-refractivity contribution >= 4 is 54.5 Å². The van der Waals surface area contributed by atoms with E-state index in [9.17, 15) is 0 Å². The van der Waals surface area contributed by atoms with Gasteiger partial charge < -0.3 is 0 Å². The molecule has 7 heteroatoms. The number of aromatic nitrogens is 4. The van der Waals surface area contributed by atoms with E-state index in [1.807, 2.05) is 15.9 Å². The average molecular weight is 377 g/mol. The van der Waals surface area contributed by atoms with Gasteiger partial charge in [0.15, 0.2) is 11.5 Å². The summed E-state index contributed by atoms with van der Waals surface area (Å²) in [6.07, 6.45) is 5.35. The zero-order chi connectivity index (χ0) is 14.0.